The molecular formula is C16H16FNO. The second-order valence-electron chi connectivity index (χ2n) is 4.74. The molecule has 0 saturated carbocycles. The molecule has 1 heterocycles. The molecular weight excluding hydrogens is 241 g/mol. The van der Waals surface area contributed by atoms with Gasteiger partial charge in [0.15, 0.2) is 0 Å². The maximum Gasteiger partial charge on any atom is 0.127 e. The number of hydrogen-bond donors (Lipinski definition) is 1. The Labute approximate surface area is 112 Å². The number of hydrogen-bond acceptors (Lipinski definition) is 2. The van der Waals surface area contributed by atoms with Crippen LogP contribution in [0.3, 0.4) is 0 Å². The van der Waals surface area contributed by atoms with E-state index in [1.807, 2.05) is 18.2 Å². The van der Waals surface area contributed by atoms with Gasteiger partial charge in [0.2, 0.25) is 0 Å². The van der Waals surface area contributed by atoms with Crippen LogP contribution in [0, 0.1) is 5.82 Å². The van der Waals surface area contributed by atoms with E-state index in [2.05, 4.69) is 17.4 Å². The summed E-state index contributed by atoms with van der Waals surface area (Å²) in [5, 5.41) is 3.37. The van der Waals surface area contributed by atoms with Crippen molar-refractivity contribution >= 4 is 0 Å². The molecule has 0 radical (unpaired) electrons. The molecule has 3 rings (SSSR count). The van der Waals surface area contributed by atoms with E-state index in [-0.39, 0.29) is 11.9 Å². The fraction of sp³-hybridized carbons (Fsp3) is 0.250. The van der Waals surface area contributed by atoms with Crippen molar-refractivity contribution in [1.29, 1.82) is 0 Å². The zero-order valence-corrected chi connectivity index (χ0v) is 10.6. The minimum Gasteiger partial charge on any atom is -0.375 e. The first-order chi connectivity index (χ1) is 9.34. The van der Waals surface area contributed by atoms with Crippen molar-refractivity contribution in [2.45, 2.75) is 19.2 Å². The lowest BCUT2D eigenvalue weighted by Crippen LogP contribution is -2.29. The van der Waals surface area contributed by atoms with Crippen LogP contribution in [0.25, 0.3) is 0 Å². The van der Waals surface area contributed by atoms with Gasteiger partial charge in [-0.1, -0.05) is 42.5 Å². The van der Waals surface area contributed by atoms with Crippen molar-refractivity contribution in [3.63, 3.8) is 0 Å². The van der Waals surface area contributed by atoms with Crippen LogP contribution in [0.2, 0.25) is 0 Å². The summed E-state index contributed by atoms with van der Waals surface area (Å²) in [7, 11) is 0. The highest BCUT2D eigenvalue weighted by atomic mass is 19.1. The number of benzene rings is 2. The van der Waals surface area contributed by atoms with Gasteiger partial charge >= 0.3 is 0 Å². The van der Waals surface area contributed by atoms with Gasteiger partial charge in [-0.15, -0.1) is 0 Å². The fourth-order valence-corrected chi connectivity index (χ4v) is 2.43. The van der Waals surface area contributed by atoms with E-state index < -0.39 is 0 Å². The predicted octanol–water partition coefficient (Wildman–Crippen LogP) is 3.19. The highest BCUT2D eigenvalue weighted by Gasteiger charge is 2.19. The van der Waals surface area contributed by atoms with Crippen molar-refractivity contribution < 1.29 is 9.13 Å². The summed E-state index contributed by atoms with van der Waals surface area (Å²) in [6.45, 7) is 1.80. The third-order valence-corrected chi connectivity index (χ3v) is 3.47. The molecule has 0 aliphatic carbocycles. The van der Waals surface area contributed by atoms with E-state index in [1.165, 1.54) is 17.2 Å². The molecule has 1 aliphatic rings. The molecule has 0 fully saturated rings. The number of halogens is 1. The van der Waals surface area contributed by atoms with Crippen molar-refractivity contribution in [3.8, 4) is 0 Å². The summed E-state index contributed by atoms with van der Waals surface area (Å²) in [6.07, 6.45) is 0. The lowest BCUT2D eigenvalue weighted by molar-refractivity contribution is 0.0816. The largest absolute Gasteiger partial charge is 0.375 e. The SMILES string of the molecule is Fc1ccccc1CNC1COCc2ccccc21. The second-order valence-corrected chi connectivity index (χ2v) is 4.74. The zero-order chi connectivity index (χ0) is 13.1. The average Bonchev–Trinajstić information content (AvgIpc) is 2.46. The Bertz CT molecular complexity index is 570. The Morgan fingerprint density at radius 3 is 2.79 bits per heavy atom. The molecule has 2 aromatic carbocycles. The molecule has 98 valence electrons. The molecule has 0 spiro atoms. The van der Waals surface area contributed by atoms with E-state index in [0.717, 1.165) is 0 Å². The van der Waals surface area contributed by atoms with Crippen molar-refractivity contribution in [2.24, 2.45) is 0 Å². The van der Waals surface area contributed by atoms with Crippen molar-refractivity contribution in [1.82, 2.24) is 5.32 Å². The molecule has 1 N–H and O–H groups in total. The Hall–Kier alpha value is -1.71. The summed E-state index contributed by atoms with van der Waals surface area (Å²) < 4.78 is 19.1. The Kier molecular flexibility index (Phi) is 3.58. The van der Waals surface area contributed by atoms with E-state index in [1.54, 1.807) is 12.1 Å². The molecule has 1 atom stereocenters. The first-order valence-corrected chi connectivity index (χ1v) is 6.47. The number of nitrogens with one attached hydrogen (secondary N) is 1. The van der Waals surface area contributed by atoms with Gasteiger partial charge in [0.25, 0.3) is 0 Å². The first kappa shape index (κ1) is 12.3. The summed E-state index contributed by atoms with van der Waals surface area (Å²) in [5.41, 5.74) is 3.15. The number of fused-ring (bicyclic) bond motifs is 1. The first-order valence-electron chi connectivity index (χ1n) is 6.47. The summed E-state index contributed by atoms with van der Waals surface area (Å²) in [4.78, 5) is 0. The average molecular weight is 257 g/mol. The van der Waals surface area contributed by atoms with E-state index in [4.69, 9.17) is 4.74 Å². The predicted molar refractivity (Wildman–Crippen MR) is 72.1 cm³/mol. The standard InChI is InChI=1S/C16H16FNO/c17-15-8-4-2-5-12(15)9-18-16-11-19-10-13-6-1-3-7-14(13)16/h1-8,16,18H,9-11H2. The maximum atomic E-state index is 13.6. The quantitative estimate of drug-likeness (QED) is 0.911. The fourth-order valence-electron chi connectivity index (χ4n) is 2.43. The Balaban J connectivity index is 1.73. The van der Waals surface area contributed by atoms with Gasteiger partial charge in [-0.2, -0.15) is 0 Å². The topological polar surface area (TPSA) is 21.3 Å². The van der Waals surface area contributed by atoms with Crippen LogP contribution in [0.5, 0.6) is 0 Å². The van der Waals surface area contributed by atoms with E-state index in [0.29, 0.717) is 25.3 Å². The van der Waals surface area contributed by atoms with Crippen LogP contribution < -0.4 is 5.32 Å². The van der Waals surface area contributed by atoms with E-state index in [9.17, 15) is 4.39 Å². The second kappa shape index (κ2) is 5.51. The lowest BCUT2D eigenvalue weighted by atomic mass is 9.99. The van der Waals surface area contributed by atoms with Crippen molar-refractivity contribution in [2.75, 3.05) is 6.61 Å². The third kappa shape index (κ3) is 2.67. The minimum atomic E-state index is -0.167. The van der Waals surface area contributed by atoms with Crippen LogP contribution in [0.4, 0.5) is 4.39 Å². The molecule has 0 aromatic heterocycles. The van der Waals surface area contributed by atoms with Gasteiger partial charge < -0.3 is 10.1 Å². The summed E-state index contributed by atoms with van der Waals surface area (Å²) in [6, 6.07) is 15.2. The normalized spacial score (nSPS) is 18.1. The van der Waals surface area contributed by atoms with Gasteiger partial charge in [0, 0.05) is 12.1 Å². The van der Waals surface area contributed by atoms with Gasteiger partial charge in [0.1, 0.15) is 5.82 Å². The number of rotatable bonds is 3. The Morgan fingerprint density at radius 1 is 1.11 bits per heavy atom. The maximum absolute atomic E-state index is 13.6. The molecule has 1 unspecified atom stereocenters. The smallest absolute Gasteiger partial charge is 0.127 e. The van der Waals surface area contributed by atoms with E-state index >= 15 is 0 Å². The molecule has 2 aromatic rings. The molecule has 19 heavy (non-hydrogen) atoms. The number of ether oxygens (including phenoxy) is 1. The van der Waals surface area contributed by atoms with Crippen LogP contribution in [0.15, 0.2) is 48.5 Å². The lowest BCUT2D eigenvalue weighted by Gasteiger charge is -2.26. The molecule has 0 amide bonds. The molecule has 3 heteroatoms. The zero-order valence-electron chi connectivity index (χ0n) is 10.6. The van der Waals surface area contributed by atoms with Gasteiger partial charge in [0.05, 0.1) is 19.3 Å². The molecule has 0 saturated heterocycles. The van der Waals surface area contributed by atoms with Gasteiger partial charge in [-0.05, 0) is 17.2 Å². The minimum absolute atomic E-state index is 0.129. The van der Waals surface area contributed by atoms with Crippen molar-refractivity contribution in [3.05, 3.63) is 71.0 Å². The highest BCUT2D eigenvalue weighted by molar-refractivity contribution is 5.31. The molecule has 1 aliphatic heterocycles. The van der Waals surface area contributed by atoms with Gasteiger partial charge in [-0.25, -0.2) is 4.39 Å². The summed E-state index contributed by atoms with van der Waals surface area (Å²) in [5.74, 6) is -0.167. The highest BCUT2D eigenvalue weighted by Crippen LogP contribution is 2.24. The molecule has 0 bridgehead atoms. The summed E-state index contributed by atoms with van der Waals surface area (Å²) >= 11 is 0. The molecule has 2 nitrogen and oxygen atoms in total. The van der Waals surface area contributed by atoms with Crippen LogP contribution >= 0.6 is 0 Å². The van der Waals surface area contributed by atoms with Crippen LogP contribution in [-0.2, 0) is 17.9 Å². The third-order valence-electron chi connectivity index (χ3n) is 3.47. The monoisotopic (exact) mass is 257 g/mol. The Morgan fingerprint density at radius 2 is 1.89 bits per heavy atom. The van der Waals surface area contributed by atoms with Gasteiger partial charge in [-0.3, -0.25) is 0 Å². The van der Waals surface area contributed by atoms with Crippen LogP contribution in [-0.4, -0.2) is 6.61 Å². The van der Waals surface area contributed by atoms with Crippen LogP contribution in [0.1, 0.15) is 22.7 Å².